The molecule has 3 atom stereocenters. The number of nitrogens with zero attached hydrogens (tertiary/aromatic N) is 4. The summed E-state index contributed by atoms with van der Waals surface area (Å²) in [5.74, 6) is -2.43. The summed E-state index contributed by atoms with van der Waals surface area (Å²) in [5.41, 5.74) is 7.18. The number of rotatable bonds is 7. The Morgan fingerprint density at radius 1 is 1.26 bits per heavy atom. The molecule has 3 heterocycles. The summed E-state index contributed by atoms with van der Waals surface area (Å²) in [4.78, 5) is 46.7. The molecule has 38 heavy (non-hydrogen) atoms. The van der Waals surface area contributed by atoms with E-state index in [-0.39, 0.29) is 24.2 Å². The highest BCUT2D eigenvalue weighted by atomic mass is 19.1. The van der Waals surface area contributed by atoms with Crippen LogP contribution in [0.4, 0.5) is 25.2 Å². The average molecular weight is 527 g/mol. The summed E-state index contributed by atoms with van der Waals surface area (Å²) in [6.45, 7) is 3.45. The van der Waals surface area contributed by atoms with E-state index in [2.05, 4.69) is 15.4 Å². The highest BCUT2D eigenvalue weighted by molar-refractivity contribution is 6.12. The molecule has 3 aromatic rings. The Morgan fingerprint density at radius 2 is 2.00 bits per heavy atom. The van der Waals surface area contributed by atoms with Gasteiger partial charge in [0.1, 0.15) is 24.5 Å². The first-order valence-electron chi connectivity index (χ1n) is 12.1. The second kappa shape index (κ2) is 10.6. The van der Waals surface area contributed by atoms with Crippen molar-refractivity contribution in [3.05, 3.63) is 71.1 Å². The molecular formula is C26H30F2N7O3+. The molecule has 0 spiro atoms. The van der Waals surface area contributed by atoms with Crippen LogP contribution < -0.4 is 20.6 Å². The quantitative estimate of drug-likeness (QED) is 0.322. The summed E-state index contributed by atoms with van der Waals surface area (Å²) in [6, 6.07) is 5.13. The molecule has 12 heteroatoms. The van der Waals surface area contributed by atoms with Gasteiger partial charge < -0.3 is 11.1 Å². The number of hydrogen-bond donors (Lipinski definition) is 3. The van der Waals surface area contributed by atoms with Crippen molar-refractivity contribution >= 4 is 29.5 Å². The van der Waals surface area contributed by atoms with Crippen molar-refractivity contribution in [3.8, 4) is 0 Å². The maximum atomic E-state index is 14.4. The number of nitrogen functional groups attached to an aromatic ring is 1. The minimum Gasteiger partial charge on any atom is -0.384 e. The Hall–Kier alpha value is -4.35. The molecule has 1 aromatic carbocycles. The topological polar surface area (TPSA) is 128 Å². The van der Waals surface area contributed by atoms with Crippen molar-refractivity contribution in [2.75, 3.05) is 17.7 Å². The summed E-state index contributed by atoms with van der Waals surface area (Å²) in [7, 11) is 3.27. The zero-order valence-corrected chi connectivity index (χ0v) is 21.5. The van der Waals surface area contributed by atoms with E-state index < -0.39 is 47.5 Å². The van der Waals surface area contributed by atoms with Crippen molar-refractivity contribution in [1.82, 2.24) is 20.3 Å². The first-order valence-corrected chi connectivity index (χ1v) is 12.1. The number of H-pyrrole nitrogens is 1. The van der Waals surface area contributed by atoms with Gasteiger partial charge in [0.15, 0.2) is 6.04 Å². The lowest BCUT2D eigenvalue weighted by molar-refractivity contribution is -0.714. The number of nitrogens with two attached hydrogens (primary N) is 1. The molecule has 0 radical (unpaired) electrons. The zero-order valence-electron chi connectivity index (χ0n) is 21.5. The van der Waals surface area contributed by atoms with E-state index in [1.807, 2.05) is 0 Å². The second-order valence-corrected chi connectivity index (χ2v) is 9.36. The maximum absolute atomic E-state index is 14.4. The number of β-lactam (4-membered cyclic amide) rings is 1. The van der Waals surface area contributed by atoms with Gasteiger partial charge in [-0.15, -0.1) is 0 Å². The number of likely N-dealkylation sites (tertiary alicyclic amines) is 1. The number of anilines is 2. The molecule has 2 aromatic heterocycles. The van der Waals surface area contributed by atoms with Gasteiger partial charge in [-0.25, -0.2) is 33.4 Å². The zero-order chi connectivity index (χ0) is 27.7. The molecule has 0 bridgehead atoms. The number of halogens is 2. The number of pyridine rings is 1. The third kappa shape index (κ3) is 5.06. The minimum atomic E-state index is -1.13. The van der Waals surface area contributed by atoms with E-state index in [9.17, 15) is 23.2 Å². The van der Waals surface area contributed by atoms with Gasteiger partial charge in [-0.05, 0) is 55.7 Å². The second-order valence-electron chi connectivity index (χ2n) is 9.36. The fourth-order valence-electron chi connectivity index (χ4n) is 4.85. The van der Waals surface area contributed by atoms with Crippen LogP contribution in [0.1, 0.15) is 36.2 Å². The minimum absolute atomic E-state index is 0.0487. The standard InChI is InChI=1S/C26H29F2N7O3/c1-5-20(17-13-16(27)6-7-19(17)28)32-26(38)35-23(25(37)33(3)22-8-9-30-34(22)4)18(24(35)36)11-15-10-14(2)31-21(29)12-15/h6-10,12-13,18,20,23H,5,11H2,1-4H3,(H3,29,31,32,38)/p+1/t18-,20-,23+/m1/s1. The van der Waals surface area contributed by atoms with Gasteiger partial charge in [-0.2, -0.15) is 9.58 Å². The van der Waals surface area contributed by atoms with Crippen LogP contribution in [0.5, 0.6) is 0 Å². The van der Waals surface area contributed by atoms with Gasteiger partial charge in [0.05, 0.1) is 19.0 Å². The van der Waals surface area contributed by atoms with Crippen molar-refractivity contribution in [3.63, 3.8) is 0 Å². The number of imide groups is 1. The predicted molar refractivity (Wildman–Crippen MR) is 135 cm³/mol. The molecule has 0 unspecified atom stereocenters. The van der Waals surface area contributed by atoms with Crippen LogP contribution in [0.2, 0.25) is 0 Å². The van der Waals surface area contributed by atoms with Crippen molar-refractivity contribution in [2.24, 2.45) is 13.0 Å². The number of aromatic nitrogens is 3. The molecule has 200 valence electrons. The lowest BCUT2D eigenvalue weighted by Crippen LogP contribution is -2.71. The van der Waals surface area contributed by atoms with Gasteiger partial charge >= 0.3 is 17.8 Å². The van der Waals surface area contributed by atoms with Crippen LogP contribution >= 0.6 is 0 Å². The van der Waals surface area contributed by atoms with E-state index in [0.29, 0.717) is 17.1 Å². The maximum Gasteiger partial charge on any atom is 0.333 e. The van der Waals surface area contributed by atoms with Crippen molar-refractivity contribution in [1.29, 1.82) is 0 Å². The SMILES string of the molecule is CC[C@@H](NC(=O)N1C(=O)[C@H](Cc2cc(C)nc(N)c2)[C@H]1C(=O)N(C)c1cc[nH][n+]1C)c1cc(F)ccc1F. The van der Waals surface area contributed by atoms with Gasteiger partial charge in [0, 0.05) is 23.5 Å². The molecule has 1 aliphatic heterocycles. The fraction of sp³-hybridized carbons (Fsp3) is 0.346. The number of carbonyl (C=O) groups is 3. The van der Waals surface area contributed by atoms with Crippen molar-refractivity contribution in [2.45, 2.75) is 38.8 Å². The highest BCUT2D eigenvalue weighted by Gasteiger charge is 2.57. The molecule has 1 fully saturated rings. The predicted octanol–water partition coefficient (Wildman–Crippen LogP) is 2.30. The lowest BCUT2D eigenvalue weighted by atomic mass is 9.81. The molecule has 1 saturated heterocycles. The Bertz CT molecular complexity index is 1370. The third-order valence-corrected chi connectivity index (χ3v) is 6.73. The smallest absolute Gasteiger partial charge is 0.333 e. The monoisotopic (exact) mass is 526 g/mol. The largest absolute Gasteiger partial charge is 0.384 e. The lowest BCUT2D eigenvalue weighted by Gasteiger charge is -2.44. The number of carbonyl (C=O) groups excluding carboxylic acids is 3. The van der Waals surface area contributed by atoms with Gasteiger partial charge in [0.25, 0.3) is 0 Å². The normalized spacial score (nSPS) is 17.6. The van der Waals surface area contributed by atoms with Crippen LogP contribution in [0.3, 0.4) is 0 Å². The number of benzene rings is 1. The highest BCUT2D eigenvalue weighted by Crippen LogP contribution is 2.33. The summed E-state index contributed by atoms with van der Waals surface area (Å²) >= 11 is 0. The number of urea groups is 1. The van der Waals surface area contributed by atoms with Crippen LogP contribution in [-0.4, -0.2) is 45.9 Å². The average Bonchev–Trinajstić information content (AvgIpc) is 3.29. The summed E-state index contributed by atoms with van der Waals surface area (Å²) < 4.78 is 29.8. The molecule has 0 saturated carbocycles. The van der Waals surface area contributed by atoms with Gasteiger partial charge in [-0.3, -0.25) is 4.79 Å². The molecule has 10 nitrogen and oxygen atoms in total. The molecule has 4 amide bonds. The number of nitrogens with one attached hydrogen (secondary N) is 2. The third-order valence-electron chi connectivity index (χ3n) is 6.73. The van der Waals surface area contributed by atoms with E-state index >= 15 is 0 Å². The molecule has 0 aliphatic carbocycles. The number of aryl methyl sites for hydroxylation is 2. The van der Waals surface area contributed by atoms with E-state index in [1.165, 1.54) is 4.90 Å². The first kappa shape index (κ1) is 26.7. The molecule has 4 rings (SSSR count). The van der Waals surface area contributed by atoms with Crippen LogP contribution in [0.25, 0.3) is 0 Å². The van der Waals surface area contributed by atoms with E-state index in [4.69, 9.17) is 5.73 Å². The Morgan fingerprint density at radius 3 is 2.63 bits per heavy atom. The Balaban J connectivity index is 1.63. The van der Waals surface area contributed by atoms with E-state index in [1.54, 1.807) is 57.0 Å². The van der Waals surface area contributed by atoms with E-state index in [0.717, 1.165) is 23.1 Å². The Kier molecular flexibility index (Phi) is 7.42. The summed E-state index contributed by atoms with van der Waals surface area (Å²) in [5, 5.41) is 5.53. The van der Waals surface area contributed by atoms with Gasteiger partial charge in [0.2, 0.25) is 5.91 Å². The molecule has 4 N–H and O–H groups in total. The first-order chi connectivity index (χ1) is 18.0. The number of aromatic amines is 1. The fourth-order valence-corrected chi connectivity index (χ4v) is 4.85. The summed E-state index contributed by atoms with van der Waals surface area (Å²) in [6.07, 6.45) is 2.04. The van der Waals surface area contributed by atoms with Crippen LogP contribution in [0, 0.1) is 24.5 Å². The van der Waals surface area contributed by atoms with Crippen LogP contribution in [0.15, 0.2) is 42.6 Å². The molecule has 1 aliphatic rings. The number of likely N-dealkylation sites (N-methyl/N-ethyl adjacent to an activating group) is 1. The van der Waals surface area contributed by atoms with Crippen molar-refractivity contribution < 1.29 is 27.8 Å². The van der Waals surface area contributed by atoms with Crippen LogP contribution in [-0.2, 0) is 23.1 Å². The Labute approximate surface area is 218 Å². The number of hydrogen-bond acceptors (Lipinski definition) is 5. The van der Waals surface area contributed by atoms with Gasteiger partial charge in [-0.1, -0.05) is 6.92 Å². The number of amides is 4. The molecular weight excluding hydrogens is 496 g/mol.